The Labute approximate surface area is 98.3 Å². The van der Waals surface area contributed by atoms with E-state index >= 15 is 0 Å². The number of nitrogens with one attached hydrogen (secondary N) is 1. The molecule has 86 valence electrons. The minimum atomic E-state index is 0.0276. The molecule has 0 aromatic heterocycles. The van der Waals surface area contributed by atoms with Crippen LogP contribution in [0.1, 0.15) is 10.8 Å². The van der Waals surface area contributed by atoms with E-state index in [0.29, 0.717) is 18.0 Å². The summed E-state index contributed by atoms with van der Waals surface area (Å²) < 4.78 is 10.4. The van der Waals surface area contributed by atoms with E-state index in [9.17, 15) is 4.79 Å². The van der Waals surface area contributed by atoms with Gasteiger partial charge >= 0.3 is 0 Å². The number of hydrogen-bond donors (Lipinski definition) is 1. The molecule has 1 aliphatic rings. The van der Waals surface area contributed by atoms with Crippen LogP contribution in [-0.4, -0.2) is 26.0 Å². The average Bonchev–Trinajstić information content (AvgIpc) is 2.75. The number of methoxy groups -OCH3 is 2. The topological polar surface area (TPSA) is 47.6 Å². The Morgan fingerprint density at radius 2 is 2.06 bits per heavy atom. The highest BCUT2D eigenvalue weighted by Crippen LogP contribution is 2.37. The molecule has 5 heteroatoms. The van der Waals surface area contributed by atoms with Crippen molar-refractivity contribution < 1.29 is 14.3 Å². The lowest BCUT2D eigenvalue weighted by Gasteiger charge is -2.11. The van der Waals surface area contributed by atoms with Crippen molar-refractivity contribution in [3.63, 3.8) is 0 Å². The number of amides is 1. The highest BCUT2D eigenvalue weighted by molar-refractivity contribution is 8.14. The second-order valence-corrected chi connectivity index (χ2v) is 4.56. The second kappa shape index (κ2) is 4.65. The van der Waals surface area contributed by atoms with E-state index in [0.717, 1.165) is 5.56 Å². The summed E-state index contributed by atoms with van der Waals surface area (Å²) in [6.45, 7) is 0.666. The predicted molar refractivity (Wildman–Crippen MR) is 63.3 cm³/mol. The molecule has 1 aromatic rings. The molecule has 0 radical (unpaired) electrons. The average molecular weight is 239 g/mol. The predicted octanol–water partition coefficient (Wildman–Crippen LogP) is 2.20. The molecule has 0 spiro atoms. The minimum Gasteiger partial charge on any atom is -0.493 e. The van der Waals surface area contributed by atoms with Crippen LogP contribution in [0, 0.1) is 0 Å². The van der Waals surface area contributed by atoms with Crippen LogP contribution in [-0.2, 0) is 0 Å². The van der Waals surface area contributed by atoms with E-state index < -0.39 is 0 Å². The third-order valence-electron chi connectivity index (χ3n) is 2.46. The molecule has 1 unspecified atom stereocenters. The molecular weight excluding hydrogens is 226 g/mol. The molecule has 1 saturated heterocycles. The van der Waals surface area contributed by atoms with Crippen molar-refractivity contribution in [3.05, 3.63) is 23.8 Å². The summed E-state index contributed by atoms with van der Waals surface area (Å²) in [5.41, 5.74) is 1.07. The van der Waals surface area contributed by atoms with Crippen LogP contribution in [0.2, 0.25) is 0 Å². The van der Waals surface area contributed by atoms with Gasteiger partial charge < -0.3 is 14.8 Å². The molecule has 0 saturated carbocycles. The lowest BCUT2D eigenvalue weighted by Crippen LogP contribution is -2.11. The Hall–Kier alpha value is -1.36. The van der Waals surface area contributed by atoms with Gasteiger partial charge in [-0.1, -0.05) is 17.8 Å². The van der Waals surface area contributed by atoms with Gasteiger partial charge in [0.05, 0.1) is 19.5 Å². The van der Waals surface area contributed by atoms with Gasteiger partial charge in [-0.05, 0) is 17.7 Å². The molecule has 1 heterocycles. The van der Waals surface area contributed by atoms with Crippen molar-refractivity contribution in [2.75, 3.05) is 20.8 Å². The fourth-order valence-electron chi connectivity index (χ4n) is 1.63. The molecule has 0 bridgehead atoms. The van der Waals surface area contributed by atoms with Crippen LogP contribution < -0.4 is 14.8 Å². The molecule has 1 amide bonds. The van der Waals surface area contributed by atoms with E-state index in [2.05, 4.69) is 5.32 Å². The zero-order chi connectivity index (χ0) is 11.5. The molecule has 1 aromatic carbocycles. The van der Waals surface area contributed by atoms with Gasteiger partial charge in [0.2, 0.25) is 0 Å². The summed E-state index contributed by atoms with van der Waals surface area (Å²) >= 11 is 1.30. The van der Waals surface area contributed by atoms with Crippen LogP contribution in [0.4, 0.5) is 4.79 Å². The summed E-state index contributed by atoms with van der Waals surface area (Å²) in [6.07, 6.45) is 0. The highest BCUT2D eigenvalue weighted by atomic mass is 32.2. The van der Waals surface area contributed by atoms with Crippen molar-refractivity contribution in [1.82, 2.24) is 5.32 Å². The number of thioether (sulfide) groups is 1. The van der Waals surface area contributed by atoms with Gasteiger partial charge in [-0.25, -0.2) is 0 Å². The highest BCUT2D eigenvalue weighted by Gasteiger charge is 2.24. The number of benzene rings is 1. The Bertz CT molecular complexity index is 408. The largest absolute Gasteiger partial charge is 0.493 e. The van der Waals surface area contributed by atoms with Gasteiger partial charge in [0.25, 0.3) is 5.24 Å². The summed E-state index contributed by atoms with van der Waals surface area (Å²) in [5, 5.41) is 2.97. The van der Waals surface area contributed by atoms with Crippen molar-refractivity contribution in [1.29, 1.82) is 0 Å². The first kappa shape index (κ1) is 11.1. The monoisotopic (exact) mass is 239 g/mol. The maximum absolute atomic E-state index is 11.1. The van der Waals surface area contributed by atoms with Gasteiger partial charge in [-0.3, -0.25) is 4.79 Å². The molecule has 4 nitrogen and oxygen atoms in total. The normalized spacial score (nSPS) is 19.4. The van der Waals surface area contributed by atoms with Gasteiger partial charge in [0.15, 0.2) is 11.5 Å². The van der Waals surface area contributed by atoms with E-state index in [-0.39, 0.29) is 10.5 Å². The van der Waals surface area contributed by atoms with Crippen molar-refractivity contribution in [2.24, 2.45) is 0 Å². The van der Waals surface area contributed by atoms with Crippen LogP contribution >= 0.6 is 11.8 Å². The Balaban J connectivity index is 2.25. The minimum absolute atomic E-state index is 0.0276. The fourth-order valence-corrected chi connectivity index (χ4v) is 2.50. The summed E-state index contributed by atoms with van der Waals surface area (Å²) in [7, 11) is 3.21. The number of ether oxygens (including phenoxy) is 2. The molecule has 1 fully saturated rings. The molecule has 1 atom stereocenters. The van der Waals surface area contributed by atoms with Crippen LogP contribution in [0.3, 0.4) is 0 Å². The maximum atomic E-state index is 11.1. The first-order valence-corrected chi connectivity index (χ1v) is 5.79. The van der Waals surface area contributed by atoms with Gasteiger partial charge in [0.1, 0.15) is 0 Å². The first-order valence-electron chi connectivity index (χ1n) is 4.91. The Morgan fingerprint density at radius 1 is 1.31 bits per heavy atom. The second-order valence-electron chi connectivity index (χ2n) is 3.39. The summed E-state index contributed by atoms with van der Waals surface area (Å²) in [4.78, 5) is 11.1. The molecule has 0 aliphatic carbocycles. The van der Waals surface area contributed by atoms with Gasteiger partial charge in [-0.2, -0.15) is 0 Å². The molecule has 1 N–H and O–H groups in total. The zero-order valence-electron chi connectivity index (χ0n) is 9.15. The molecule has 1 aliphatic heterocycles. The quantitative estimate of drug-likeness (QED) is 0.878. The summed E-state index contributed by atoms with van der Waals surface area (Å²) in [6, 6.07) is 5.73. The van der Waals surface area contributed by atoms with Gasteiger partial charge in [0, 0.05) is 6.54 Å². The lowest BCUT2D eigenvalue weighted by molar-refractivity contribution is 0.262. The van der Waals surface area contributed by atoms with Crippen molar-refractivity contribution >= 4 is 17.0 Å². The van der Waals surface area contributed by atoms with Crippen LogP contribution in [0.15, 0.2) is 18.2 Å². The zero-order valence-corrected chi connectivity index (χ0v) is 9.97. The number of carbonyl (C=O) groups excluding carboxylic acids is 1. The third-order valence-corrected chi connectivity index (χ3v) is 3.54. The Kier molecular flexibility index (Phi) is 3.24. The number of hydrogen-bond acceptors (Lipinski definition) is 4. The number of rotatable bonds is 3. The first-order chi connectivity index (χ1) is 7.74. The Morgan fingerprint density at radius 3 is 2.62 bits per heavy atom. The van der Waals surface area contributed by atoms with Crippen molar-refractivity contribution in [3.8, 4) is 11.5 Å². The van der Waals surface area contributed by atoms with Crippen LogP contribution in [0.5, 0.6) is 11.5 Å². The summed E-state index contributed by atoms with van der Waals surface area (Å²) in [5.74, 6) is 1.40. The van der Waals surface area contributed by atoms with Crippen molar-refractivity contribution in [2.45, 2.75) is 5.25 Å². The SMILES string of the molecule is COc1ccc(C2CNC(=O)S2)cc1OC. The van der Waals surface area contributed by atoms with Gasteiger partial charge in [-0.15, -0.1) is 0 Å². The standard InChI is InChI=1S/C11H13NO3S/c1-14-8-4-3-7(5-9(8)15-2)10-6-12-11(13)16-10/h3-5,10H,6H2,1-2H3,(H,12,13). The fraction of sp³-hybridized carbons (Fsp3) is 0.364. The van der Waals surface area contributed by atoms with E-state index in [1.165, 1.54) is 11.8 Å². The van der Waals surface area contributed by atoms with E-state index in [1.54, 1.807) is 14.2 Å². The van der Waals surface area contributed by atoms with Crippen LogP contribution in [0.25, 0.3) is 0 Å². The van der Waals surface area contributed by atoms with E-state index in [4.69, 9.17) is 9.47 Å². The molecule has 2 rings (SSSR count). The third kappa shape index (κ3) is 2.09. The molecular formula is C11H13NO3S. The smallest absolute Gasteiger partial charge is 0.279 e. The number of carbonyl (C=O) groups is 1. The lowest BCUT2D eigenvalue weighted by atomic mass is 10.1. The van der Waals surface area contributed by atoms with E-state index in [1.807, 2.05) is 18.2 Å². The maximum Gasteiger partial charge on any atom is 0.279 e. The molecule has 16 heavy (non-hydrogen) atoms.